The summed E-state index contributed by atoms with van der Waals surface area (Å²) in [6, 6.07) is 22.8. The fourth-order valence-electron chi connectivity index (χ4n) is 4.69. The number of rotatable bonds is 9. The second kappa shape index (κ2) is 11.7. The summed E-state index contributed by atoms with van der Waals surface area (Å²) in [7, 11) is 0. The maximum Gasteiger partial charge on any atom is 0.168 e. The predicted octanol–water partition coefficient (Wildman–Crippen LogP) is 6.22. The number of carbonyl (C=O) groups excluding carboxylic acids is 2. The van der Waals surface area contributed by atoms with E-state index in [0.717, 1.165) is 54.1 Å². The van der Waals surface area contributed by atoms with Gasteiger partial charge in [-0.3, -0.25) is 9.59 Å². The van der Waals surface area contributed by atoms with Crippen LogP contribution in [-0.2, 0) is 12.8 Å². The summed E-state index contributed by atoms with van der Waals surface area (Å²) in [5.74, 6) is 0.103. The Hall–Kier alpha value is -3.87. The van der Waals surface area contributed by atoms with Crippen LogP contribution in [0.3, 0.4) is 0 Å². The highest BCUT2D eigenvalue weighted by Gasteiger charge is 2.17. The Labute approximate surface area is 227 Å². The van der Waals surface area contributed by atoms with Crippen molar-refractivity contribution in [3.63, 3.8) is 0 Å². The zero-order chi connectivity index (χ0) is 26.5. The second-order valence-corrected chi connectivity index (χ2v) is 10.1. The number of aliphatic hydroxyl groups is 1. The van der Waals surface area contributed by atoms with Gasteiger partial charge in [0.1, 0.15) is 0 Å². The molecule has 0 atom stereocenters. The van der Waals surface area contributed by atoms with Gasteiger partial charge in [-0.25, -0.2) is 0 Å². The van der Waals surface area contributed by atoms with E-state index in [9.17, 15) is 14.7 Å². The predicted molar refractivity (Wildman–Crippen MR) is 152 cm³/mol. The molecule has 1 aliphatic heterocycles. The molecule has 0 aliphatic carbocycles. The lowest BCUT2D eigenvalue weighted by atomic mass is 10.0. The van der Waals surface area contributed by atoms with E-state index in [1.807, 2.05) is 60.7 Å². The minimum absolute atomic E-state index is 0.0341. The Kier molecular flexibility index (Phi) is 7.91. The third kappa shape index (κ3) is 6.33. The highest BCUT2D eigenvalue weighted by molar-refractivity contribution is 6.33. The minimum Gasteiger partial charge on any atom is -0.393 e. The molecule has 38 heavy (non-hydrogen) atoms. The number of hydrogen-bond donors (Lipinski definition) is 3. The first kappa shape index (κ1) is 25.8. The van der Waals surface area contributed by atoms with Gasteiger partial charge in [0, 0.05) is 60.8 Å². The summed E-state index contributed by atoms with van der Waals surface area (Å²) in [5, 5.41) is 13.5. The molecule has 4 aromatic rings. The molecule has 3 N–H and O–H groups in total. The maximum atomic E-state index is 12.8. The van der Waals surface area contributed by atoms with Gasteiger partial charge in [-0.15, -0.1) is 0 Å². The molecule has 1 aromatic heterocycles. The average molecular weight is 528 g/mol. The number of hydrogen-bond acceptors (Lipinski definition) is 5. The molecule has 3 aromatic carbocycles. The number of halogens is 1. The van der Waals surface area contributed by atoms with Gasteiger partial charge in [0.15, 0.2) is 11.6 Å². The number of anilines is 3. The van der Waals surface area contributed by atoms with Crippen LogP contribution in [0.5, 0.6) is 0 Å². The van der Waals surface area contributed by atoms with Crippen LogP contribution in [0.25, 0.3) is 0 Å². The van der Waals surface area contributed by atoms with Crippen LogP contribution in [0.4, 0.5) is 17.1 Å². The van der Waals surface area contributed by atoms with Gasteiger partial charge in [0.25, 0.3) is 0 Å². The van der Waals surface area contributed by atoms with Crippen LogP contribution in [-0.4, -0.2) is 40.9 Å². The Morgan fingerprint density at radius 2 is 1.53 bits per heavy atom. The maximum absolute atomic E-state index is 12.8. The van der Waals surface area contributed by atoms with Crippen molar-refractivity contribution in [1.82, 2.24) is 4.98 Å². The number of carbonyl (C=O) groups is 2. The van der Waals surface area contributed by atoms with E-state index in [4.69, 9.17) is 11.6 Å². The van der Waals surface area contributed by atoms with Crippen LogP contribution in [0, 0.1) is 0 Å². The van der Waals surface area contributed by atoms with E-state index in [0.29, 0.717) is 22.6 Å². The van der Waals surface area contributed by atoms with Crippen molar-refractivity contribution < 1.29 is 14.7 Å². The third-order valence-electron chi connectivity index (χ3n) is 6.93. The SMILES string of the molecule is O=C(Cc1ccc(Nc2ccc(CC(=O)c3cc[nH]c3)cc2Cl)cc1)c1ccc(N2CCC(O)CC2)cc1. The van der Waals surface area contributed by atoms with Crippen molar-refractivity contribution in [2.75, 3.05) is 23.3 Å². The first-order chi connectivity index (χ1) is 18.4. The number of nitrogens with zero attached hydrogens (tertiary/aromatic N) is 1. The van der Waals surface area contributed by atoms with E-state index in [-0.39, 0.29) is 24.1 Å². The van der Waals surface area contributed by atoms with Gasteiger partial charge in [-0.05, 0) is 78.6 Å². The number of H-pyrrole nitrogens is 1. The number of Topliss-reactive ketones (excluding diaryl/α,β-unsaturated/α-hetero) is 2. The Morgan fingerprint density at radius 1 is 0.868 bits per heavy atom. The van der Waals surface area contributed by atoms with Gasteiger partial charge < -0.3 is 20.3 Å². The number of aromatic nitrogens is 1. The highest BCUT2D eigenvalue weighted by atomic mass is 35.5. The number of piperidine rings is 1. The molecule has 5 rings (SSSR count). The van der Waals surface area contributed by atoms with E-state index in [1.165, 1.54) is 0 Å². The normalized spacial score (nSPS) is 13.9. The van der Waals surface area contributed by atoms with Crippen molar-refractivity contribution in [3.05, 3.63) is 112 Å². The molecule has 6 nitrogen and oxygen atoms in total. The van der Waals surface area contributed by atoms with E-state index >= 15 is 0 Å². The molecule has 0 radical (unpaired) electrons. The molecule has 0 amide bonds. The first-order valence-corrected chi connectivity index (χ1v) is 13.2. The fourth-order valence-corrected chi connectivity index (χ4v) is 4.94. The molecule has 0 unspecified atom stereocenters. The number of aromatic amines is 1. The van der Waals surface area contributed by atoms with Gasteiger partial charge >= 0.3 is 0 Å². The largest absolute Gasteiger partial charge is 0.393 e. The van der Waals surface area contributed by atoms with E-state index < -0.39 is 0 Å². The molecule has 7 heteroatoms. The quantitative estimate of drug-likeness (QED) is 0.225. The lowest BCUT2D eigenvalue weighted by Crippen LogP contribution is -2.35. The molecule has 2 heterocycles. The van der Waals surface area contributed by atoms with Gasteiger partial charge in [0.2, 0.25) is 0 Å². The summed E-state index contributed by atoms with van der Waals surface area (Å²) in [5.41, 5.74) is 5.81. The Balaban J connectivity index is 1.16. The van der Waals surface area contributed by atoms with Gasteiger partial charge in [-0.1, -0.05) is 29.8 Å². The van der Waals surface area contributed by atoms with Crippen LogP contribution in [0.1, 0.15) is 44.7 Å². The topological polar surface area (TPSA) is 85.4 Å². The summed E-state index contributed by atoms with van der Waals surface area (Å²) >= 11 is 6.48. The molecular formula is C31H30ClN3O3. The standard InChI is InChI=1S/C31H30ClN3O3/c32-28-17-22(19-31(38)24-11-14-33-20-24)3-10-29(28)34-25-6-1-21(2-7-25)18-30(37)23-4-8-26(9-5-23)35-15-12-27(36)13-16-35/h1-11,14,17,20,27,33-34,36H,12-13,15-16,18-19H2. The van der Waals surface area contributed by atoms with Crippen molar-refractivity contribution in [2.24, 2.45) is 0 Å². The fraction of sp³-hybridized carbons (Fsp3) is 0.226. The zero-order valence-electron chi connectivity index (χ0n) is 21.0. The summed E-state index contributed by atoms with van der Waals surface area (Å²) < 4.78 is 0. The minimum atomic E-state index is -0.205. The van der Waals surface area contributed by atoms with Crippen molar-refractivity contribution >= 4 is 40.2 Å². The smallest absolute Gasteiger partial charge is 0.168 e. The molecule has 1 aliphatic rings. The van der Waals surface area contributed by atoms with Crippen LogP contribution in [0.2, 0.25) is 5.02 Å². The number of benzene rings is 3. The van der Waals surface area contributed by atoms with Crippen LogP contribution in [0.15, 0.2) is 85.2 Å². The number of ketones is 2. The van der Waals surface area contributed by atoms with Gasteiger partial charge in [0.05, 0.1) is 16.8 Å². The average Bonchev–Trinajstić information content (AvgIpc) is 3.47. The Morgan fingerprint density at radius 3 is 2.18 bits per heavy atom. The lowest BCUT2D eigenvalue weighted by Gasteiger charge is -2.31. The Bertz CT molecular complexity index is 1390. The summed E-state index contributed by atoms with van der Waals surface area (Å²) in [6.45, 7) is 1.66. The zero-order valence-corrected chi connectivity index (χ0v) is 21.7. The lowest BCUT2D eigenvalue weighted by molar-refractivity contribution is 0.0985. The second-order valence-electron chi connectivity index (χ2n) is 9.70. The van der Waals surface area contributed by atoms with E-state index in [2.05, 4.69) is 15.2 Å². The van der Waals surface area contributed by atoms with Crippen molar-refractivity contribution in [2.45, 2.75) is 31.8 Å². The van der Waals surface area contributed by atoms with Crippen molar-refractivity contribution in [3.8, 4) is 0 Å². The molecule has 1 saturated heterocycles. The van der Waals surface area contributed by atoms with Crippen LogP contribution >= 0.6 is 11.6 Å². The van der Waals surface area contributed by atoms with E-state index in [1.54, 1.807) is 24.5 Å². The van der Waals surface area contributed by atoms with Gasteiger partial charge in [-0.2, -0.15) is 0 Å². The van der Waals surface area contributed by atoms with Crippen molar-refractivity contribution in [1.29, 1.82) is 0 Å². The highest BCUT2D eigenvalue weighted by Crippen LogP contribution is 2.28. The first-order valence-electron chi connectivity index (χ1n) is 12.8. The third-order valence-corrected chi connectivity index (χ3v) is 7.25. The molecule has 0 saturated carbocycles. The molecule has 1 fully saturated rings. The molecule has 0 spiro atoms. The summed E-state index contributed by atoms with van der Waals surface area (Å²) in [4.78, 5) is 30.3. The number of nitrogens with one attached hydrogen (secondary N) is 2. The number of aliphatic hydroxyl groups excluding tert-OH is 1. The monoisotopic (exact) mass is 527 g/mol. The molecular weight excluding hydrogens is 498 g/mol. The van der Waals surface area contributed by atoms with Crippen LogP contribution < -0.4 is 10.2 Å². The summed E-state index contributed by atoms with van der Waals surface area (Å²) in [6.07, 6.45) is 5.37. The molecule has 194 valence electrons. The molecule has 0 bridgehead atoms.